The van der Waals surface area contributed by atoms with E-state index in [9.17, 15) is 0 Å². The van der Waals surface area contributed by atoms with Crippen LogP contribution in [0.3, 0.4) is 0 Å². The Balaban J connectivity index is 1.91. The molecule has 0 saturated heterocycles. The second-order valence-corrected chi connectivity index (χ2v) is 7.00. The molecule has 3 unspecified atom stereocenters. The summed E-state index contributed by atoms with van der Waals surface area (Å²) in [6, 6.07) is 8.40. The second kappa shape index (κ2) is 5.45. The lowest BCUT2D eigenvalue weighted by Gasteiger charge is -2.40. The monoisotopic (exact) mass is 285 g/mol. The van der Waals surface area contributed by atoms with E-state index < -0.39 is 0 Å². The largest absolute Gasteiger partial charge is 0.328 e. The van der Waals surface area contributed by atoms with Crippen LogP contribution in [0.1, 0.15) is 45.9 Å². The Hall–Kier alpha value is -1.35. The summed E-state index contributed by atoms with van der Waals surface area (Å²) >= 11 is 0. The van der Waals surface area contributed by atoms with E-state index in [1.165, 1.54) is 11.9 Å². The van der Waals surface area contributed by atoms with Crippen LogP contribution in [0.5, 0.6) is 0 Å². The molecular weight excluding hydrogens is 258 g/mol. The zero-order chi connectivity index (χ0) is 15.0. The van der Waals surface area contributed by atoms with Gasteiger partial charge in [-0.15, -0.1) is 0 Å². The fourth-order valence-corrected chi connectivity index (χ4v) is 3.83. The van der Waals surface area contributed by atoms with Gasteiger partial charge in [0.2, 0.25) is 0 Å². The summed E-state index contributed by atoms with van der Waals surface area (Å²) in [6.07, 6.45) is 4.36. The van der Waals surface area contributed by atoms with Gasteiger partial charge in [0, 0.05) is 18.5 Å². The molecule has 114 valence electrons. The number of aryl methyl sites for hydroxylation is 1. The number of hydrogen-bond donors (Lipinski definition) is 1. The van der Waals surface area contributed by atoms with E-state index >= 15 is 0 Å². The third-order valence-electron chi connectivity index (χ3n) is 5.36. The molecule has 0 radical (unpaired) electrons. The Morgan fingerprint density at radius 1 is 1.29 bits per heavy atom. The highest BCUT2D eigenvalue weighted by Crippen LogP contribution is 2.36. The Bertz CT molecular complexity index is 630. The summed E-state index contributed by atoms with van der Waals surface area (Å²) in [7, 11) is 0. The molecule has 0 spiro atoms. The van der Waals surface area contributed by atoms with Crippen molar-refractivity contribution in [3.8, 4) is 0 Å². The first-order valence-electron chi connectivity index (χ1n) is 8.25. The smallest absolute Gasteiger partial charge is 0.111 e. The summed E-state index contributed by atoms with van der Waals surface area (Å²) in [5.41, 5.74) is 8.98. The molecule has 3 heteroatoms. The number of rotatable bonds is 3. The molecule has 3 rings (SSSR count). The van der Waals surface area contributed by atoms with Crippen LogP contribution in [0.25, 0.3) is 11.0 Å². The molecule has 1 fully saturated rings. The summed E-state index contributed by atoms with van der Waals surface area (Å²) in [6.45, 7) is 7.84. The lowest BCUT2D eigenvalue weighted by molar-refractivity contribution is 0.173. The number of nitrogens with zero attached hydrogens (tertiary/aromatic N) is 2. The molecule has 1 aliphatic carbocycles. The molecule has 2 aromatic rings. The third-order valence-corrected chi connectivity index (χ3v) is 5.36. The highest BCUT2D eigenvalue weighted by molar-refractivity contribution is 5.75. The first-order valence-corrected chi connectivity index (χ1v) is 8.25. The highest BCUT2D eigenvalue weighted by Gasteiger charge is 2.35. The molecule has 1 aliphatic rings. The predicted octanol–water partition coefficient (Wildman–Crippen LogP) is 3.75. The Kier molecular flexibility index (Phi) is 3.78. The quantitative estimate of drug-likeness (QED) is 0.933. The molecule has 0 aliphatic heterocycles. The van der Waals surface area contributed by atoms with Crippen molar-refractivity contribution in [2.45, 2.75) is 58.5 Å². The maximum Gasteiger partial charge on any atom is 0.111 e. The van der Waals surface area contributed by atoms with Crippen LogP contribution in [0, 0.1) is 11.8 Å². The Morgan fingerprint density at radius 2 is 2.05 bits per heavy atom. The fraction of sp³-hybridized carbons (Fsp3) is 0.611. The van der Waals surface area contributed by atoms with Gasteiger partial charge in [0.1, 0.15) is 5.82 Å². The van der Waals surface area contributed by atoms with Gasteiger partial charge in [0.25, 0.3) is 0 Å². The predicted molar refractivity (Wildman–Crippen MR) is 88.2 cm³/mol. The van der Waals surface area contributed by atoms with Crippen LogP contribution in [-0.4, -0.2) is 15.1 Å². The molecule has 3 atom stereocenters. The molecule has 1 heterocycles. The van der Waals surface area contributed by atoms with Gasteiger partial charge in [-0.25, -0.2) is 4.98 Å². The van der Waals surface area contributed by atoms with Crippen molar-refractivity contribution in [1.82, 2.24) is 9.55 Å². The second-order valence-electron chi connectivity index (χ2n) is 7.00. The average molecular weight is 285 g/mol. The van der Waals surface area contributed by atoms with Crippen molar-refractivity contribution < 1.29 is 0 Å². The van der Waals surface area contributed by atoms with Crippen molar-refractivity contribution in [2.24, 2.45) is 17.6 Å². The number of fused-ring (bicyclic) bond motifs is 1. The third kappa shape index (κ3) is 2.71. The lowest BCUT2D eigenvalue weighted by atomic mass is 9.70. The number of para-hydroxylation sites is 2. The molecule has 1 aromatic carbocycles. The van der Waals surface area contributed by atoms with Crippen molar-refractivity contribution in [3.05, 3.63) is 30.1 Å². The fourth-order valence-electron chi connectivity index (χ4n) is 3.83. The van der Waals surface area contributed by atoms with Gasteiger partial charge in [-0.05, 0) is 50.2 Å². The van der Waals surface area contributed by atoms with E-state index in [2.05, 4.69) is 49.6 Å². The molecule has 0 bridgehead atoms. The van der Waals surface area contributed by atoms with Crippen LogP contribution in [0.4, 0.5) is 0 Å². The van der Waals surface area contributed by atoms with Gasteiger partial charge in [0.15, 0.2) is 0 Å². The summed E-state index contributed by atoms with van der Waals surface area (Å²) in [5.74, 6) is 2.66. The zero-order valence-corrected chi connectivity index (χ0v) is 13.5. The van der Waals surface area contributed by atoms with Crippen molar-refractivity contribution in [2.75, 3.05) is 0 Å². The van der Waals surface area contributed by atoms with Gasteiger partial charge < -0.3 is 10.3 Å². The first-order chi connectivity index (χ1) is 10.0. The first kappa shape index (κ1) is 14.6. The van der Waals surface area contributed by atoms with Gasteiger partial charge >= 0.3 is 0 Å². The molecule has 1 saturated carbocycles. The average Bonchev–Trinajstić information content (AvgIpc) is 2.80. The van der Waals surface area contributed by atoms with Gasteiger partial charge in [0.05, 0.1) is 11.0 Å². The normalized spacial score (nSPS) is 29.9. The van der Waals surface area contributed by atoms with E-state index in [0.29, 0.717) is 5.92 Å². The lowest BCUT2D eigenvalue weighted by Crippen LogP contribution is -2.48. The zero-order valence-electron chi connectivity index (χ0n) is 13.5. The highest BCUT2D eigenvalue weighted by atomic mass is 15.1. The van der Waals surface area contributed by atoms with Gasteiger partial charge in [-0.1, -0.05) is 26.0 Å². The van der Waals surface area contributed by atoms with E-state index in [1.54, 1.807) is 0 Å². The van der Waals surface area contributed by atoms with Crippen molar-refractivity contribution in [3.63, 3.8) is 0 Å². The van der Waals surface area contributed by atoms with Crippen molar-refractivity contribution in [1.29, 1.82) is 0 Å². The number of nitrogens with two attached hydrogens (primary N) is 1. The van der Waals surface area contributed by atoms with Crippen LogP contribution in [-0.2, 0) is 13.0 Å². The van der Waals surface area contributed by atoms with Gasteiger partial charge in [-0.2, -0.15) is 0 Å². The SMILES string of the molecule is CCn1c(CC2(N)CCC(C)C(C)C2)nc2ccccc21. The number of benzene rings is 1. The minimum absolute atomic E-state index is 0.0831. The van der Waals surface area contributed by atoms with Crippen LogP contribution >= 0.6 is 0 Å². The van der Waals surface area contributed by atoms with E-state index in [-0.39, 0.29) is 5.54 Å². The minimum Gasteiger partial charge on any atom is -0.328 e. The Morgan fingerprint density at radius 3 is 2.76 bits per heavy atom. The maximum absolute atomic E-state index is 6.74. The molecule has 3 nitrogen and oxygen atoms in total. The minimum atomic E-state index is -0.0831. The number of hydrogen-bond acceptors (Lipinski definition) is 2. The summed E-state index contributed by atoms with van der Waals surface area (Å²) < 4.78 is 2.33. The number of aromatic nitrogens is 2. The molecule has 21 heavy (non-hydrogen) atoms. The molecule has 0 amide bonds. The van der Waals surface area contributed by atoms with Gasteiger partial charge in [-0.3, -0.25) is 0 Å². The molecular formula is C18H27N3. The molecule has 2 N–H and O–H groups in total. The van der Waals surface area contributed by atoms with Crippen LogP contribution in [0.15, 0.2) is 24.3 Å². The summed E-state index contributed by atoms with van der Waals surface area (Å²) in [4.78, 5) is 4.85. The number of imidazole rings is 1. The van der Waals surface area contributed by atoms with Crippen LogP contribution in [0.2, 0.25) is 0 Å². The Labute approximate surface area is 127 Å². The topological polar surface area (TPSA) is 43.8 Å². The molecule has 1 aromatic heterocycles. The van der Waals surface area contributed by atoms with E-state index in [0.717, 1.165) is 43.1 Å². The maximum atomic E-state index is 6.74. The van der Waals surface area contributed by atoms with E-state index in [1.807, 2.05) is 0 Å². The van der Waals surface area contributed by atoms with Crippen LogP contribution < -0.4 is 5.73 Å². The van der Waals surface area contributed by atoms with Crippen molar-refractivity contribution >= 4 is 11.0 Å². The standard InChI is InChI=1S/C18H27N3/c1-4-21-16-8-6-5-7-15(16)20-17(21)12-18(19)10-9-13(2)14(3)11-18/h5-8,13-14H,4,9-12,19H2,1-3H3. The van der Waals surface area contributed by atoms with E-state index in [4.69, 9.17) is 10.7 Å². The summed E-state index contributed by atoms with van der Waals surface area (Å²) in [5, 5.41) is 0.